The van der Waals surface area contributed by atoms with Crippen molar-refractivity contribution in [3.05, 3.63) is 33.3 Å². The van der Waals surface area contributed by atoms with Gasteiger partial charge in [0.2, 0.25) is 0 Å². The van der Waals surface area contributed by atoms with Crippen LogP contribution in [0.4, 0.5) is 4.39 Å². The minimum Gasteiger partial charge on any atom is -0.230 e. The quantitative estimate of drug-likeness (QED) is 0.713. The first-order valence-electron chi connectivity index (χ1n) is 3.56. The minimum atomic E-state index is -0.858. The molecule has 0 atom stereocenters. The molecule has 2 rings (SSSR count). The fourth-order valence-electron chi connectivity index (χ4n) is 1.02. The topological polar surface area (TPSA) is 25.8 Å². The molecule has 0 saturated heterocycles. The lowest BCUT2D eigenvalue weighted by Crippen LogP contribution is -1.91. The molecule has 72 valence electrons. The predicted molar refractivity (Wildman–Crippen MR) is 54.5 cm³/mol. The van der Waals surface area contributed by atoms with Crippen LogP contribution in [0.2, 0.25) is 15.2 Å². The molecule has 2 aromatic rings. The third-order valence-electron chi connectivity index (χ3n) is 1.65. The van der Waals surface area contributed by atoms with Crippen molar-refractivity contribution in [2.24, 2.45) is 0 Å². The highest BCUT2D eigenvalue weighted by Gasteiger charge is 2.10. The summed E-state index contributed by atoms with van der Waals surface area (Å²) in [7, 11) is 0. The number of benzene rings is 1. The second-order valence-corrected chi connectivity index (χ2v) is 3.68. The summed E-state index contributed by atoms with van der Waals surface area (Å²) in [5.74, 6) is -0.858. The van der Waals surface area contributed by atoms with Gasteiger partial charge in [-0.2, -0.15) is 4.39 Å². The summed E-state index contributed by atoms with van der Waals surface area (Å²) < 4.78 is 13.0. The minimum absolute atomic E-state index is 0.173. The van der Waals surface area contributed by atoms with E-state index >= 15 is 0 Å². The highest BCUT2D eigenvalue weighted by atomic mass is 35.5. The number of nitrogens with zero attached hydrogens (tertiary/aromatic N) is 2. The van der Waals surface area contributed by atoms with Crippen molar-refractivity contribution in [1.82, 2.24) is 9.97 Å². The van der Waals surface area contributed by atoms with E-state index in [1.165, 1.54) is 0 Å². The summed E-state index contributed by atoms with van der Waals surface area (Å²) in [5.41, 5.74) is 0.617. The van der Waals surface area contributed by atoms with Gasteiger partial charge in [-0.1, -0.05) is 34.8 Å². The lowest BCUT2D eigenvalue weighted by molar-refractivity contribution is 0.584. The van der Waals surface area contributed by atoms with Crippen molar-refractivity contribution >= 4 is 45.8 Å². The summed E-state index contributed by atoms with van der Waals surface area (Å²) in [6, 6.07) is 3.12. The molecule has 1 aromatic heterocycles. The Hall–Kier alpha value is -0.640. The monoisotopic (exact) mass is 250 g/mol. The molecule has 0 fully saturated rings. The highest BCUT2D eigenvalue weighted by Crippen LogP contribution is 2.29. The van der Waals surface area contributed by atoms with Crippen LogP contribution in [0.15, 0.2) is 12.1 Å². The summed E-state index contributed by atoms with van der Waals surface area (Å²) in [6.07, 6.45) is 0. The number of rotatable bonds is 0. The molecule has 0 aliphatic rings. The van der Waals surface area contributed by atoms with E-state index in [1.54, 1.807) is 12.1 Å². The molecule has 0 aliphatic carbocycles. The fraction of sp³-hybridized carbons (Fsp3) is 0. The maximum atomic E-state index is 13.0. The van der Waals surface area contributed by atoms with E-state index in [-0.39, 0.29) is 15.7 Å². The first kappa shape index (κ1) is 9.90. The summed E-state index contributed by atoms with van der Waals surface area (Å²) in [5, 5.41) is 0.193. The number of aromatic nitrogens is 2. The third kappa shape index (κ3) is 1.52. The van der Waals surface area contributed by atoms with E-state index in [4.69, 9.17) is 34.8 Å². The second-order valence-electron chi connectivity index (χ2n) is 2.53. The maximum absolute atomic E-state index is 13.0. The van der Waals surface area contributed by atoms with E-state index in [2.05, 4.69) is 9.97 Å². The number of fused-ring (bicyclic) bond motifs is 1. The molecule has 14 heavy (non-hydrogen) atoms. The molecule has 0 unspecified atom stereocenters. The Bertz CT molecular complexity index is 515. The zero-order valence-electron chi connectivity index (χ0n) is 6.56. The van der Waals surface area contributed by atoms with Gasteiger partial charge in [-0.25, -0.2) is 9.97 Å². The van der Waals surface area contributed by atoms with Gasteiger partial charge in [0, 0.05) is 0 Å². The van der Waals surface area contributed by atoms with Crippen molar-refractivity contribution in [3.63, 3.8) is 0 Å². The van der Waals surface area contributed by atoms with Crippen molar-refractivity contribution < 1.29 is 4.39 Å². The zero-order chi connectivity index (χ0) is 10.3. The van der Waals surface area contributed by atoms with Crippen LogP contribution in [0, 0.1) is 5.95 Å². The van der Waals surface area contributed by atoms with Crippen LogP contribution in [0.3, 0.4) is 0 Å². The Balaban J connectivity index is 2.89. The van der Waals surface area contributed by atoms with Gasteiger partial charge in [-0.05, 0) is 12.1 Å². The molecule has 2 nitrogen and oxygen atoms in total. The molecular weight excluding hydrogens is 249 g/mol. The Morgan fingerprint density at radius 1 is 1.07 bits per heavy atom. The van der Waals surface area contributed by atoms with E-state index in [1.807, 2.05) is 0 Å². The molecule has 0 aliphatic heterocycles. The summed E-state index contributed by atoms with van der Waals surface area (Å²) >= 11 is 17.0. The number of hydrogen-bond donors (Lipinski definition) is 0. The molecule has 0 radical (unpaired) electrons. The van der Waals surface area contributed by atoms with E-state index in [9.17, 15) is 4.39 Å². The standard InChI is InChI=1S/C8H2Cl3FN2/c9-3-1-2-4-6(5(3)10)14-8(12)7(11)13-4/h1-2H. The smallest absolute Gasteiger partial charge is 0.230 e. The van der Waals surface area contributed by atoms with Crippen LogP contribution in [-0.4, -0.2) is 9.97 Å². The number of halogens is 4. The first-order valence-corrected chi connectivity index (χ1v) is 4.69. The van der Waals surface area contributed by atoms with Crippen molar-refractivity contribution in [3.8, 4) is 0 Å². The van der Waals surface area contributed by atoms with Crippen LogP contribution >= 0.6 is 34.8 Å². The van der Waals surface area contributed by atoms with Gasteiger partial charge in [0.25, 0.3) is 5.95 Å². The molecule has 0 spiro atoms. The van der Waals surface area contributed by atoms with E-state index in [0.717, 1.165) is 0 Å². The Labute approximate surface area is 93.6 Å². The molecule has 0 N–H and O–H groups in total. The largest absolute Gasteiger partial charge is 0.251 e. The van der Waals surface area contributed by atoms with Gasteiger partial charge in [0.15, 0.2) is 5.15 Å². The average Bonchev–Trinajstić information content (AvgIpc) is 2.15. The predicted octanol–water partition coefficient (Wildman–Crippen LogP) is 3.73. The van der Waals surface area contributed by atoms with Crippen LogP contribution in [0.5, 0.6) is 0 Å². The van der Waals surface area contributed by atoms with Crippen LogP contribution in [0.1, 0.15) is 0 Å². The lowest BCUT2D eigenvalue weighted by Gasteiger charge is -2.01. The lowest BCUT2D eigenvalue weighted by atomic mass is 10.3. The molecule has 0 bridgehead atoms. The normalized spacial score (nSPS) is 10.9. The molecule has 6 heteroatoms. The van der Waals surface area contributed by atoms with Crippen molar-refractivity contribution in [2.45, 2.75) is 0 Å². The zero-order valence-corrected chi connectivity index (χ0v) is 8.83. The average molecular weight is 251 g/mol. The van der Waals surface area contributed by atoms with Crippen LogP contribution in [-0.2, 0) is 0 Å². The maximum Gasteiger partial charge on any atom is 0.251 e. The van der Waals surface area contributed by atoms with Crippen LogP contribution in [0.25, 0.3) is 11.0 Å². The number of hydrogen-bond acceptors (Lipinski definition) is 2. The van der Waals surface area contributed by atoms with Gasteiger partial charge in [-0.15, -0.1) is 0 Å². The summed E-state index contributed by atoms with van der Waals surface area (Å²) in [6.45, 7) is 0. The van der Waals surface area contributed by atoms with Gasteiger partial charge in [0.05, 0.1) is 15.6 Å². The molecule has 1 heterocycles. The van der Waals surface area contributed by atoms with Crippen molar-refractivity contribution in [1.29, 1.82) is 0 Å². The fourth-order valence-corrected chi connectivity index (χ4v) is 1.51. The van der Waals surface area contributed by atoms with Gasteiger partial charge < -0.3 is 0 Å². The second kappa shape index (κ2) is 3.50. The van der Waals surface area contributed by atoms with E-state index in [0.29, 0.717) is 10.5 Å². The van der Waals surface area contributed by atoms with Crippen molar-refractivity contribution in [2.75, 3.05) is 0 Å². The molecule has 0 saturated carbocycles. The van der Waals surface area contributed by atoms with Gasteiger partial charge in [0.1, 0.15) is 5.52 Å². The Kier molecular flexibility index (Phi) is 2.47. The Morgan fingerprint density at radius 3 is 2.50 bits per heavy atom. The van der Waals surface area contributed by atoms with E-state index < -0.39 is 5.95 Å². The molecule has 1 aromatic carbocycles. The van der Waals surface area contributed by atoms with Gasteiger partial charge in [-0.3, -0.25) is 0 Å². The van der Waals surface area contributed by atoms with Gasteiger partial charge >= 0.3 is 0 Å². The first-order chi connectivity index (χ1) is 6.59. The SMILES string of the molecule is Fc1nc2c(Cl)c(Cl)ccc2nc1Cl. The highest BCUT2D eigenvalue weighted by molar-refractivity contribution is 6.44. The molecule has 0 amide bonds. The Morgan fingerprint density at radius 2 is 1.79 bits per heavy atom. The summed E-state index contributed by atoms with van der Waals surface area (Å²) in [4.78, 5) is 7.32. The van der Waals surface area contributed by atoms with Crippen LogP contribution < -0.4 is 0 Å². The molecular formula is C8H2Cl3FN2. The third-order valence-corrected chi connectivity index (χ3v) is 2.68.